The molecule has 26 heavy (non-hydrogen) atoms. The Bertz CT molecular complexity index is 769. The Morgan fingerprint density at radius 3 is 2.62 bits per heavy atom. The first-order valence-electron chi connectivity index (χ1n) is 8.10. The second-order valence-corrected chi connectivity index (χ2v) is 6.13. The number of furan rings is 1. The molecule has 0 amide bonds. The molecule has 0 unspecified atom stereocenters. The van der Waals surface area contributed by atoms with E-state index in [1.165, 1.54) is 12.3 Å². The van der Waals surface area contributed by atoms with E-state index in [4.69, 9.17) is 19.0 Å². The summed E-state index contributed by atoms with van der Waals surface area (Å²) in [5, 5.41) is 48.7. The molecule has 142 valence electrons. The summed E-state index contributed by atoms with van der Waals surface area (Å²) in [6.07, 6.45) is -5.57. The van der Waals surface area contributed by atoms with Crippen LogP contribution >= 0.6 is 0 Å². The Kier molecular flexibility index (Phi) is 5.44. The monoisotopic (exact) mass is 368 g/mol. The van der Waals surface area contributed by atoms with E-state index in [9.17, 15) is 25.2 Å². The molecule has 0 saturated carbocycles. The summed E-state index contributed by atoms with van der Waals surface area (Å²) >= 11 is 0. The highest BCUT2D eigenvalue weighted by molar-refractivity contribution is 5.80. The fourth-order valence-electron chi connectivity index (χ4n) is 2.87. The normalized spacial score (nSPS) is 29.0. The van der Waals surface area contributed by atoms with Gasteiger partial charge in [0.25, 0.3) is 0 Å². The fourth-order valence-corrected chi connectivity index (χ4v) is 2.87. The van der Waals surface area contributed by atoms with E-state index in [0.29, 0.717) is 11.1 Å². The number of ether oxygens (including phenoxy) is 2. The first kappa shape index (κ1) is 18.6. The maximum Gasteiger partial charge on any atom is 0.303 e. The van der Waals surface area contributed by atoms with Crippen molar-refractivity contribution in [2.45, 2.75) is 43.5 Å². The number of benzene rings is 1. The molecule has 0 bridgehead atoms. The van der Waals surface area contributed by atoms with Crippen LogP contribution in [0.2, 0.25) is 0 Å². The largest absolute Gasteiger partial charge is 0.481 e. The molecule has 9 nitrogen and oxygen atoms in total. The van der Waals surface area contributed by atoms with Crippen molar-refractivity contribution in [1.29, 1.82) is 0 Å². The van der Waals surface area contributed by atoms with Crippen molar-refractivity contribution in [2.24, 2.45) is 0 Å². The maximum atomic E-state index is 10.9. The van der Waals surface area contributed by atoms with Gasteiger partial charge in [-0.05, 0) is 24.1 Å². The smallest absolute Gasteiger partial charge is 0.303 e. The summed E-state index contributed by atoms with van der Waals surface area (Å²) < 4.78 is 16.3. The Morgan fingerprint density at radius 2 is 1.92 bits per heavy atom. The minimum absolute atomic E-state index is 0.131. The Morgan fingerprint density at radius 1 is 1.15 bits per heavy atom. The minimum atomic E-state index is -1.57. The third-order valence-corrected chi connectivity index (χ3v) is 4.34. The van der Waals surface area contributed by atoms with Crippen molar-refractivity contribution in [3.63, 3.8) is 0 Å². The minimum Gasteiger partial charge on any atom is -0.481 e. The molecule has 1 aromatic carbocycles. The zero-order valence-corrected chi connectivity index (χ0v) is 13.7. The molecule has 1 aliphatic rings. The lowest BCUT2D eigenvalue weighted by atomic mass is 9.99. The average Bonchev–Trinajstić information content (AvgIpc) is 3.07. The highest BCUT2D eigenvalue weighted by Crippen LogP contribution is 2.31. The Labute approximate surface area is 148 Å². The fraction of sp³-hybridized carbons (Fsp3) is 0.471. The molecule has 1 aromatic heterocycles. The predicted octanol–water partition coefficient (Wildman–Crippen LogP) is -0.371. The number of aryl methyl sites for hydroxylation is 1. The van der Waals surface area contributed by atoms with Crippen LogP contribution < -0.4 is 4.74 Å². The number of fused-ring (bicyclic) bond motifs is 1. The standard InChI is InChI=1S/C17H20O9/c18-7-12-14(21)15(22)16(23)17(26-12)25-11-6-10-9(3-4-24-10)5-8(11)1-2-13(19)20/h3-6,12,14-18,21-23H,1-2,7H2,(H,19,20)/t12-,14-,15+,16-,17+/m1/s1. The van der Waals surface area contributed by atoms with Crippen molar-refractivity contribution in [2.75, 3.05) is 6.61 Å². The van der Waals surface area contributed by atoms with Gasteiger partial charge in [0.05, 0.1) is 12.9 Å². The molecule has 2 heterocycles. The predicted molar refractivity (Wildman–Crippen MR) is 86.6 cm³/mol. The molecule has 1 aliphatic heterocycles. The van der Waals surface area contributed by atoms with Gasteiger partial charge in [0.15, 0.2) is 0 Å². The summed E-state index contributed by atoms with van der Waals surface area (Å²) in [4.78, 5) is 10.9. The van der Waals surface area contributed by atoms with Crippen LogP contribution in [0.5, 0.6) is 5.75 Å². The van der Waals surface area contributed by atoms with Gasteiger partial charge >= 0.3 is 5.97 Å². The van der Waals surface area contributed by atoms with Crippen LogP contribution in [0.4, 0.5) is 0 Å². The number of aliphatic hydroxyl groups excluding tert-OH is 4. The van der Waals surface area contributed by atoms with Crippen LogP contribution in [0, 0.1) is 0 Å². The van der Waals surface area contributed by atoms with Crippen molar-refractivity contribution >= 4 is 16.9 Å². The van der Waals surface area contributed by atoms with Gasteiger partial charge in [-0.1, -0.05) is 0 Å². The molecule has 0 aliphatic carbocycles. The molecule has 5 N–H and O–H groups in total. The number of carboxylic acid groups (broad SMARTS) is 1. The molecule has 2 aromatic rings. The molecular weight excluding hydrogens is 348 g/mol. The number of rotatable bonds is 6. The molecule has 5 atom stereocenters. The van der Waals surface area contributed by atoms with Crippen molar-refractivity contribution < 1.29 is 44.2 Å². The molecule has 1 saturated heterocycles. The number of hydrogen-bond acceptors (Lipinski definition) is 8. The van der Waals surface area contributed by atoms with Gasteiger partial charge in [-0.3, -0.25) is 4.79 Å². The number of aliphatic hydroxyl groups is 4. The van der Waals surface area contributed by atoms with E-state index in [1.54, 1.807) is 12.1 Å². The van der Waals surface area contributed by atoms with Gasteiger partial charge in [-0.2, -0.15) is 0 Å². The third-order valence-electron chi connectivity index (χ3n) is 4.34. The van der Waals surface area contributed by atoms with Crippen LogP contribution in [0.15, 0.2) is 28.9 Å². The van der Waals surface area contributed by atoms with E-state index >= 15 is 0 Å². The van der Waals surface area contributed by atoms with Gasteiger partial charge in [-0.15, -0.1) is 0 Å². The lowest BCUT2D eigenvalue weighted by Crippen LogP contribution is -2.60. The number of carboxylic acids is 1. The van der Waals surface area contributed by atoms with Gasteiger partial charge < -0.3 is 39.4 Å². The third kappa shape index (κ3) is 3.67. The topological polar surface area (TPSA) is 150 Å². The quantitative estimate of drug-likeness (QED) is 0.460. The Hall–Kier alpha value is -2.17. The van der Waals surface area contributed by atoms with E-state index < -0.39 is 43.3 Å². The molecule has 0 radical (unpaired) electrons. The van der Waals surface area contributed by atoms with Crippen LogP contribution in [0.25, 0.3) is 11.0 Å². The van der Waals surface area contributed by atoms with E-state index in [1.807, 2.05) is 0 Å². The first-order valence-corrected chi connectivity index (χ1v) is 8.10. The lowest BCUT2D eigenvalue weighted by Gasteiger charge is -2.39. The zero-order valence-electron chi connectivity index (χ0n) is 13.7. The second kappa shape index (κ2) is 7.60. The SMILES string of the molecule is O=C(O)CCc1cc2ccoc2cc1O[C@H]1O[C@H](CO)[C@@H](O)[C@H](O)[C@H]1O. The summed E-state index contributed by atoms with van der Waals surface area (Å²) in [5.74, 6) is -0.755. The van der Waals surface area contributed by atoms with Crippen molar-refractivity contribution in [1.82, 2.24) is 0 Å². The van der Waals surface area contributed by atoms with Gasteiger partial charge in [0, 0.05) is 17.9 Å². The highest BCUT2D eigenvalue weighted by atomic mass is 16.7. The number of hydrogen-bond donors (Lipinski definition) is 5. The van der Waals surface area contributed by atoms with Gasteiger partial charge in [0.2, 0.25) is 6.29 Å². The summed E-state index contributed by atoms with van der Waals surface area (Å²) in [7, 11) is 0. The summed E-state index contributed by atoms with van der Waals surface area (Å²) in [5.41, 5.74) is 1.04. The van der Waals surface area contributed by atoms with Crippen molar-refractivity contribution in [3.05, 3.63) is 30.0 Å². The van der Waals surface area contributed by atoms with E-state index in [0.717, 1.165) is 5.39 Å². The molecule has 3 rings (SSSR count). The van der Waals surface area contributed by atoms with Gasteiger partial charge in [-0.25, -0.2) is 0 Å². The zero-order chi connectivity index (χ0) is 18.8. The van der Waals surface area contributed by atoms with Crippen LogP contribution in [-0.2, 0) is 16.0 Å². The van der Waals surface area contributed by atoms with Crippen LogP contribution in [-0.4, -0.2) is 68.8 Å². The van der Waals surface area contributed by atoms with Gasteiger partial charge in [0.1, 0.15) is 35.7 Å². The van der Waals surface area contributed by atoms with Crippen LogP contribution in [0.1, 0.15) is 12.0 Å². The highest BCUT2D eigenvalue weighted by Gasteiger charge is 2.44. The Balaban J connectivity index is 1.88. The molecule has 1 fully saturated rings. The first-order chi connectivity index (χ1) is 12.4. The average molecular weight is 368 g/mol. The summed E-state index contributed by atoms with van der Waals surface area (Å²) in [6.45, 7) is -0.575. The molecular formula is C17H20O9. The lowest BCUT2D eigenvalue weighted by molar-refractivity contribution is -0.277. The number of aliphatic carboxylic acids is 1. The van der Waals surface area contributed by atoms with E-state index in [2.05, 4.69) is 0 Å². The second-order valence-electron chi connectivity index (χ2n) is 6.13. The van der Waals surface area contributed by atoms with Crippen LogP contribution in [0.3, 0.4) is 0 Å². The summed E-state index contributed by atoms with van der Waals surface area (Å²) in [6, 6.07) is 4.96. The maximum absolute atomic E-state index is 10.9. The number of carbonyl (C=O) groups is 1. The molecule has 0 spiro atoms. The van der Waals surface area contributed by atoms with Crippen molar-refractivity contribution in [3.8, 4) is 5.75 Å². The molecule has 9 heteroatoms. The van der Waals surface area contributed by atoms with E-state index in [-0.39, 0.29) is 18.6 Å².